The van der Waals surface area contributed by atoms with E-state index in [0.717, 1.165) is 56.5 Å². The molecule has 3 aliphatic rings. The van der Waals surface area contributed by atoms with Crippen LogP contribution >= 0.6 is 0 Å². The van der Waals surface area contributed by atoms with Crippen LogP contribution < -0.4 is 0 Å². The minimum atomic E-state index is 0.0673. The van der Waals surface area contributed by atoms with Gasteiger partial charge in [0.25, 0.3) is 5.91 Å². The van der Waals surface area contributed by atoms with Crippen LogP contribution in [0.5, 0.6) is 0 Å². The minimum absolute atomic E-state index is 0.0673. The Morgan fingerprint density at radius 3 is 2.71 bits per heavy atom. The molecule has 164 valence electrons. The van der Waals surface area contributed by atoms with E-state index in [0.29, 0.717) is 35.9 Å². The molecule has 2 aromatic rings. The maximum atomic E-state index is 13.6. The van der Waals surface area contributed by atoms with Gasteiger partial charge in [-0.05, 0) is 43.6 Å². The molecular weight excluding hydrogens is 388 g/mol. The second-order valence-corrected chi connectivity index (χ2v) is 9.49. The average Bonchev–Trinajstić information content (AvgIpc) is 3.18. The zero-order chi connectivity index (χ0) is 21.5. The van der Waals surface area contributed by atoms with Gasteiger partial charge < -0.3 is 9.80 Å². The maximum absolute atomic E-state index is 13.6. The van der Waals surface area contributed by atoms with Crippen molar-refractivity contribution in [1.29, 1.82) is 0 Å². The van der Waals surface area contributed by atoms with Crippen LogP contribution in [0.25, 0.3) is 11.3 Å². The Balaban J connectivity index is 1.41. The highest BCUT2D eigenvalue weighted by Gasteiger charge is 2.49. The highest BCUT2D eigenvalue weighted by atomic mass is 16.2. The number of nitrogens with zero attached hydrogens (tertiary/aromatic N) is 4. The number of aryl methyl sites for hydroxylation is 1. The van der Waals surface area contributed by atoms with Crippen molar-refractivity contribution in [1.82, 2.24) is 19.6 Å². The van der Waals surface area contributed by atoms with Gasteiger partial charge >= 0.3 is 0 Å². The molecule has 6 heteroatoms. The van der Waals surface area contributed by atoms with Crippen molar-refractivity contribution in [2.24, 2.45) is 18.9 Å². The first-order valence-corrected chi connectivity index (χ1v) is 11.8. The fourth-order valence-corrected chi connectivity index (χ4v) is 6.19. The Kier molecular flexibility index (Phi) is 5.32. The van der Waals surface area contributed by atoms with E-state index >= 15 is 0 Å². The number of likely N-dealkylation sites (tertiary alicyclic amines) is 1. The number of hydrogen-bond acceptors (Lipinski definition) is 3. The number of hydrogen-bond donors (Lipinski definition) is 0. The molecule has 1 aromatic heterocycles. The molecule has 3 fully saturated rings. The van der Waals surface area contributed by atoms with E-state index in [1.54, 1.807) is 4.68 Å². The third kappa shape index (κ3) is 3.56. The van der Waals surface area contributed by atoms with Crippen molar-refractivity contribution in [2.75, 3.05) is 13.1 Å². The van der Waals surface area contributed by atoms with Gasteiger partial charge in [0.1, 0.15) is 5.69 Å². The van der Waals surface area contributed by atoms with Gasteiger partial charge in [-0.25, -0.2) is 0 Å². The average molecular weight is 421 g/mol. The third-order valence-electron chi connectivity index (χ3n) is 7.54. The van der Waals surface area contributed by atoms with E-state index < -0.39 is 0 Å². The number of carbonyl (C=O) groups is 2. The Bertz CT molecular complexity index is 969. The summed E-state index contributed by atoms with van der Waals surface area (Å²) in [7, 11) is 1.85. The van der Waals surface area contributed by atoms with Crippen molar-refractivity contribution in [3.63, 3.8) is 0 Å². The fraction of sp³-hybridized carbons (Fsp3) is 0.560. The normalized spacial score (nSPS) is 27.9. The number of benzene rings is 1. The molecule has 0 unspecified atom stereocenters. The van der Waals surface area contributed by atoms with Crippen LogP contribution in [0.1, 0.15) is 55.9 Å². The van der Waals surface area contributed by atoms with Gasteiger partial charge in [0.15, 0.2) is 0 Å². The van der Waals surface area contributed by atoms with Crippen molar-refractivity contribution in [3.05, 3.63) is 42.1 Å². The van der Waals surface area contributed by atoms with Crippen molar-refractivity contribution in [2.45, 2.75) is 57.5 Å². The van der Waals surface area contributed by atoms with Crippen LogP contribution in [-0.2, 0) is 11.8 Å². The molecule has 5 rings (SSSR count). The molecule has 6 nitrogen and oxygen atoms in total. The summed E-state index contributed by atoms with van der Waals surface area (Å²) in [6, 6.07) is 12.5. The predicted molar refractivity (Wildman–Crippen MR) is 119 cm³/mol. The van der Waals surface area contributed by atoms with E-state index in [4.69, 9.17) is 0 Å². The van der Waals surface area contributed by atoms with Crippen LogP contribution in [0.3, 0.4) is 0 Å². The van der Waals surface area contributed by atoms with Crippen LogP contribution in [0.15, 0.2) is 36.4 Å². The lowest BCUT2D eigenvalue weighted by Crippen LogP contribution is -2.65. The predicted octanol–water partition coefficient (Wildman–Crippen LogP) is 3.73. The number of piperidine rings is 3. The lowest BCUT2D eigenvalue weighted by molar-refractivity contribution is -0.152. The van der Waals surface area contributed by atoms with Gasteiger partial charge in [-0.15, -0.1) is 0 Å². The summed E-state index contributed by atoms with van der Waals surface area (Å²) in [5.41, 5.74) is 2.49. The van der Waals surface area contributed by atoms with Gasteiger partial charge in [-0.3, -0.25) is 14.3 Å². The maximum Gasteiger partial charge on any atom is 0.272 e. The molecule has 31 heavy (non-hydrogen) atoms. The molecule has 4 heterocycles. The summed E-state index contributed by atoms with van der Waals surface area (Å²) in [5, 5.41) is 4.61. The molecular formula is C25H32N4O2. The molecule has 4 atom stereocenters. The Morgan fingerprint density at radius 2 is 1.94 bits per heavy atom. The Labute approximate surface area is 184 Å². The molecule has 1 aromatic carbocycles. The van der Waals surface area contributed by atoms with Gasteiger partial charge in [-0.1, -0.05) is 43.7 Å². The standard InChI is InChI=1S/C25H32N4O2/c1-3-8-21-18-13-19(22-11-7-12-24(30)29(21)22)16-28(15-18)25(31)23-14-20(26-27(23)2)17-9-5-4-6-10-17/h4-6,9-10,14,18-19,21-22H,3,7-8,11-13,15-16H2,1-2H3/t18-,19+,21-,22-/m0/s1. The van der Waals surface area contributed by atoms with Gasteiger partial charge in [0.05, 0.1) is 5.69 Å². The molecule has 0 saturated carbocycles. The van der Waals surface area contributed by atoms with Crippen LogP contribution in [0, 0.1) is 11.8 Å². The summed E-state index contributed by atoms with van der Waals surface area (Å²) in [4.78, 5) is 30.7. The van der Waals surface area contributed by atoms with Gasteiger partial charge in [-0.2, -0.15) is 5.10 Å². The molecule has 2 bridgehead atoms. The third-order valence-corrected chi connectivity index (χ3v) is 7.54. The summed E-state index contributed by atoms with van der Waals surface area (Å²) in [5.74, 6) is 1.17. The topological polar surface area (TPSA) is 58.4 Å². The summed E-state index contributed by atoms with van der Waals surface area (Å²) >= 11 is 0. The quantitative estimate of drug-likeness (QED) is 0.757. The SMILES string of the molecule is CCC[C@H]1[C@H]2C[C@H](CN(C(=O)c3cc(-c4ccccc4)nn3C)C2)[C@@H]2CCCC(=O)N21. The van der Waals surface area contributed by atoms with E-state index in [2.05, 4.69) is 16.9 Å². The van der Waals surface area contributed by atoms with Crippen LogP contribution in [-0.4, -0.2) is 56.6 Å². The number of aromatic nitrogens is 2. The van der Waals surface area contributed by atoms with Crippen LogP contribution in [0.2, 0.25) is 0 Å². The smallest absolute Gasteiger partial charge is 0.272 e. The van der Waals surface area contributed by atoms with Gasteiger partial charge in [0.2, 0.25) is 5.91 Å². The first kappa shape index (κ1) is 20.3. The van der Waals surface area contributed by atoms with Crippen molar-refractivity contribution >= 4 is 11.8 Å². The molecule has 0 aliphatic carbocycles. The Morgan fingerprint density at radius 1 is 1.16 bits per heavy atom. The number of carbonyl (C=O) groups excluding carboxylic acids is 2. The van der Waals surface area contributed by atoms with Crippen molar-refractivity contribution in [3.8, 4) is 11.3 Å². The number of amides is 2. The second-order valence-electron chi connectivity index (χ2n) is 9.49. The molecule has 0 spiro atoms. The van der Waals surface area contributed by atoms with E-state index in [-0.39, 0.29) is 11.9 Å². The lowest BCUT2D eigenvalue weighted by atomic mass is 9.71. The number of fused-ring (bicyclic) bond motifs is 4. The molecule has 3 saturated heterocycles. The molecule has 0 radical (unpaired) electrons. The largest absolute Gasteiger partial charge is 0.337 e. The van der Waals surface area contributed by atoms with Gasteiger partial charge in [0, 0.05) is 44.2 Å². The number of rotatable bonds is 4. The summed E-state index contributed by atoms with van der Waals surface area (Å²) in [6.07, 6.45) is 5.99. The fourth-order valence-electron chi connectivity index (χ4n) is 6.19. The summed E-state index contributed by atoms with van der Waals surface area (Å²) < 4.78 is 1.72. The zero-order valence-electron chi connectivity index (χ0n) is 18.5. The minimum Gasteiger partial charge on any atom is -0.337 e. The second kappa shape index (κ2) is 8.13. The first-order valence-electron chi connectivity index (χ1n) is 11.8. The van der Waals surface area contributed by atoms with E-state index in [1.165, 1.54) is 0 Å². The zero-order valence-corrected chi connectivity index (χ0v) is 18.5. The summed E-state index contributed by atoms with van der Waals surface area (Å²) in [6.45, 7) is 3.68. The van der Waals surface area contributed by atoms with Crippen molar-refractivity contribution < 1.29 is 9.59 Å². The van der Waals surface area contributed by atoms with Crippen LogP contribution in [0.4, 0.5) is 0 Å². The highest BCUT2D eigenvalue weighted by Crippen LogP contribution is 2.43. The lowest BCUT2D eigenvalue weighted by Gasteiger charge is -2.56. The highest BCUT2D eigenvalue weighted by molar-refractivity contribution is 5.94. The first-order chi connectivity index (χ1) is 15.1. The molecule has 2 amide bonds. The molecule has 0 N–H and O–H groups in total. The van der Waals surface area contributed by atoms with E-state index in [1.807, 2.05) is 48.3 Å². The van der Waals surface area contributed by atoms with E-state index in [9.17, 15) is 9.59 Å². The monoisotopic (exact) mass is 420 g/mol. The Hall–Kier alpha value is -2.63. The molecule has 3 aliphatic heterocycles.